The Bertz CT molecular complexity index is 1440. The molecular formula is C23H22N4O4S. The van der Waals surface area contributed by atoms with Gasteiger partial charge in [0.15, 0.2) is 5.16 Å². The minimum atomic E-state index is -0.497. The Kier molecular flexibility index (Phi) is 6.09. The highest BCUT2D eigenvalue weighted by Crippen LogP contribution is 2.24. The van der Waals surface area contributed by atoms with E-state index in [1.54, 1.807) is 16.7 Å². The van der Waals surface area contributed by atoms with Gasteiger partial charge in [0, 0.05) is 6.04 Å². The van der Waals surface area contributed by atoms with Crippen LogP contribution < -0.4 is 11.1 Å². The molecule has 0 aliphatic carbocycles. The van der Waals surface area contributed by atoms with Gasteiger partial charge in [0.2, 0.25) is 0 Å². The van der Waals surface area contributed by atoms with Crippen LogP contribution in [0.2, 0.25) is 0 Å². The van der Waals surface area contributed by atoms with Crippen molar-refractivity contribution < 1.29 is 9.53 Å². The van der Waals surface area contributed by atoms with Crippen molar-refractivity contribution >= 4 is 39.5 Å². The smallest absolute Gasteiger partial charge is 0.337 e. The first-order valence-corrected chi connectivity index (χ1v) is 11.2. The molecular weight excluding hydrogens is 428 g/mol. The van der Waals surface area contributed by atoms with E-state index in [0.717, 1.165) is 6.42 Å². The molecule has 9 heteroatoms. The molecule has 2 heterocycles. The third kappa shape index (κ3) is 4.03. The summed E-state index contributed by atoms with van der Waals surface area (Å²) in [5.74, 6) is 0.227. The van der Waals surface area contributed by atoms with Gasteiger partial charge in [-0.05, 0) is 43.7 Å². The van der Waals surface area contributed by atoms with Gasteiger partial charge in [-0.3, -0.25) is 14.2 Å². The summed E-state index contributed by atoms with van der Waals surface area (Å²) < 4.78 is 6.44. The van der Waals surface area contributed by atoms with Crippen LogP contribution in [0, 0.1) is 0 Å². The number of ether oxygens (including phenoxy) is 1. The summed E-state index contributed by atoms with van der Waals surface area (Å²) in [5.41, 5.74) is 0.960. The van der Waals surface area contributed by atoms with Crippen LogP contribution in [-0.4, -0.2) is 32.6 Å². The Morgan fingerprint density at radius 2 is 1.91 bits per heavy atom. The number of para-hydroxylation sites is 1. The molecule has 2 aromatic heterocycles. The van der Waals surface area contributed by atoms with Crippen LogP contribution in [0.25, 0.3) is 21.8 Å². The molecule has 0 bridgehead atoms. The Morgan fingerprint density at radius 3 is 2.66 bits per heavy atom. The molecule has 1 atom stereocenters. The molecule has 164 valence electrons. The maximum absolute atomic E-state index is 13.1. The third-order valence-electron chi connectivity index (χ3n) is 5.32. The number of nitrogens with one attached hydrogen (secondary N) is 1. The Labute approximate surface area is 187 Å². The van der Waals surface area contributed by atoms with Crippen LogP contribution in [0.1, 0.15) is 42.5 Å². The molecule has 0 radical (unpaired) electrons. The molecule has 0 fully saturated rings. The minimum absolute atomic E-state index is 0.0340. The maximum Gasteiger partial charge on any atom is 0.337 e. The molecule has 8 nitrogen and oxygen atoms in total. The maximum atomic E-state index is 13.1. The lowest BCUT2D eigenvalue weighted by atomic mass is 10.1. The molecule has 4 aromatic rings. The number of carbonyl (C=O) groups excluding carboxylic acids is 1. The van der Waals surface area contributed by atoms with Gasteiger partial charge in [-0.2, -0.15) is 0 Å². The van der Waals surface area contributed by atoms with Crippen LogP contribution in [0.4, 0.5) is 0 Å². The van der Waals surface area contributed by atoms with Gasteiger partial charge in [0.05, 0.1) is 40.2 Å². The number of thioether (sulfide) groups is 1. The van der Waals surface area contributed by atoms with Crippen molar-refractivity contribution in [3.63, 3.8) is 0 Å². The largest absolute Gasteiger partial charge is 0.465 e. The minimum Gasteiger partial charge on any atom is -0.465 e. The van der Waals surface area contributed by atoms with Gasteiger partial charge in [-0.25, -0.2) is 14.8 Å². The van der Waals surface area contributed by atoms with E-state index in [-0.39, 0.29) is 17.2 Å². The summed E-state index contributed by atoms with van der Waals surface area (Å²) in [4.78, 5) is 49.4. The third-order valence-corrected chi connectivity index (χ3v) is 6.29. The number of methoxy groups -OCH3 is 1. The quantitative estimate of drug-likeness (QED) is 0.271. The monoisotopic (exact) mass is 450 g/mol. The number of carbonyl (C=O) groups is 1. The highest BCUT2D eigenvalue weighted by Gasteiger charge is 2.16. The van der Waals surface area contributed by atoms with E-state index in [1.165, 1.54) is 31.0 Å². The summed E-state index contributed by atoms with van der Waals surface area (Å²) >= 11 is 1.33. The van der Waals surface area contributed by atoms with E-state index in [9.17, 15) is 14.4 Å². The molecule has 0 aliphatic rings. The van der Waals surface area contributed by atoms with Crippen molar-refractivity contribution in [2.75, 3.05) is 7.11 Å². The van der Waals surface area contributed by atoms with Gasteiger partial charge in [-0.1, -0.05) is 30.8 Å². The van der Waals surface area contributed by atoms with E-state index in [0.29, 0.717) is 44.1 Å². The zero-order chi connectivity index (χ0) is 22.8. The fourth-order valence-corrected chi connectivity index (χ4v) is 4.40. The van der Waals surface area contributed by atoms with Crippen LogP contribution >= 0.6 is 11.8 Å². The van der Waals surface area contributed by atoms with E-state index >= 15 is 0 Å². The first kappa shape index (κ1) is 21.8. The SMILES string of the molecule is CC[C@@H](C)n1c(SCc2nc3cc(C(=O)OC)ccc3c(=O)[nH]2)nc2ccccc2c1=O. The summed E-state index contributed by atoms with van der Waals surface area (Å²) in [6.45, 7) is 3.99. The second-order valence-corrected chi connectivity index (χ2v) is 8.31. The Morgan fingerprint density at radius 1 is 1.12 bits per heavy atom. The zero-order valence-electron chi connectivity index (χ0n) is 17.9. The Hall–Kier alpha value is -3.46. The van der Waals surface area contributed by atoms with Gasteiger partial charge in [0.1, 0.15) is 5.82 Å². The van der Waals surface area contributed by atoms with Gasteiger partial charge in [0.25, 0.3) is 11.1 Å². The highest BCUT2D eigenvalue weighted by atomic mass is 32.2. The van der Waals surface area contributed by atoms with Crippen molar-refractivity contribution in [3.8, 4) is 0 Å². The number of aromatic nitrogens is 4. The average molecular weight is 451 g/mol. The van der Waals surface area contributed by atoms with Crippen molar-refractivity contribution in [1.29, 1.82) is 0 Å². The van der Waals surface area contributed by atoms with Crippen molar-refractivity contribution in [2.45, 2.75) is 37.2 Å². The number of nitrogens with zero attached hydrogens (tertiary/aromatic N) is 3. The molecule has 1 N–H and O–H groups in total. The first-order valence-electron chi connectivity index (χ1n) is 10.2. The standard InChI is InChI=1S/C23H22N4O4S/c1-4-13(2)27-21(29)16-7-5-6-8-17(16)25-23(27)32-12-19-24-18-11-14(22(30)31-3)9-10-15(18)20(28)26-19/h5-11,13H,4,12H2,1-3H3,(H,24,26,28)/t13-/m1/s1. The lowest BCUT2D eigenvalue weighted by molar-refractivity contribution is 0.0601. The topological polar surface area (TPSA) is 107 Å². The van der Waals surface area contributed by atoms with Crippen LogP contribution in [0.15, 0.2) is 57.2 Å². The molecule has 0 unspecified atom stereocenters. The molecule has 0 amide bonds. The van der Waals surface area contributed by atoms with Gasteiger partial charge in [-0.15, -0.1) is 0 Å². The number of benzene rings is 2. The van der Waals surface area contributed by atoms with Crippen molar-refractivity contribution in [3.05, 3.63) is 74.6 Å². The van der Waals surface area contributed by atoms with Crippen molar-refractivity contribution in [2.24, 2.45) is 0 Å². The number of hydrogen-bond acceptors (Lipinski definition) is 7. The lowest BCUT2D eigenvalue weighted by Crippen LogP contribution is -2.26. The zero-order valence-corrected chi connectivity index (χ0v) is 18.7. The molecule has 0 saturated heterocycles. The van der Waals surface area contributed by atoms with Crippen LogP contribution in [-0.2, 0) is 10.5 Å². The molecule has 0 saturated carbocycles. The Balaban J connectivity index is 1.73. The molecule has 32 heavy (non-hydrogen) atoms. The number of hydrogen-bond donors (Lipinski definition) is 1. The molecule has 4 rings (SSSR count). The fraction of sp³-hybridized carbons (Fsp3) is 0.261. The van der Waals surface area contributed by atoms with E-state index in [4.69, 9.17) is 9.72 Å². The summed E-state index contributed by atoms with van der Waals surface area (Å²) in [5, 5.41) is 1.52. The number of fused-ring (bicyclic) bond motifs is 2. The number of H-pyrrole nitrogens is 1. The second kappa shape index (κ2) is 8.96. The van der Waals surface area contributed by atoms with Gasteiger partial charge < -0.3 is 9.72 Å². The predicted molar refractivity (Wildman–Crippen MR) is 124 cm³/mol. The fourth-order valence-electron chi connectivity index (χ4n) is 3.43. The summed E-state index contributed by atoms with van der Waals surface area (Å²) in [6, 6.07) is 11.8. The number of rotatable bonds is 6. The van der Waals surface area contributed by atoms with E-state index in [2.05, 4.69) is 9.97 Å². The van der Waals surface area contributed by atoms with E-state index in [1.807, 2.05) is 32.0 Å². The molecule has 2 aromatic carbocycles. The molecule has 0 aliphatic heterocycles. The highest BCUT2D eigenvalue weighted by molar-refractivity contribution is 7.98. The first-order chi connectivity index (χ1) is 15.4. The number of aromatic amines is 1. The normalized spacial score (nSPS) is 12.2. The van der Waals surface area contributed by atoms with E-state index < -0.39 is 5.97 Å². The summed E-state index contributed by atoms with van der Waals surface area (Å²) in [7, 11) is 1.30. The van der Waals surface area contributed by atoms with Gasteiger partial charge >= 0.3 is 5.97 Å². The molecule has 0 spiro atoms. The summed E-state index contributed by atoms with van der Waals surface area (Å²) in [6.07, 6.45) is 0.773. The van der Waals surface area contributed by atoms with Crippen LogP contribution in [0.5, 0.6) is 0 Å². The second-order valence-electron chi connectivity index (χ2n) is 7.37. The van der Waals surface area contributed by atoms with Crippen LogP contribution in [0.3, 0.4) is 0 Å². The average Bonchev–Trinajstić information content (AvgIpc) is 2.81. The lowest BCUT2D eigenvalue weighted by Gasteiger charge is -2.18. The predicted octanol–water partition coefficient (Wildman–Crippen LogP) is 3.68. The van der Waals surface area contributed by atoms with Crippen molar-refractivity contribution in [1.82, 2.24) is 19.5 Å². The number of esters is 1.